The number of rotatable bonds is 3. The number of hydrogen-bond acceptors (Lipinski definition) is 5. The van der Waals surface area contributed by atoms with Gasteiger partial charge in [0.1, 0.15) is 11.3 Å². The third-order valence-electron chi connectivity index (χ3n) is 2.77. The van der Waals surface area contributed by atoms with E-state index in [1.165, 1.54) is 0 Å². The predicted molar refractivity (Wildman–Crippen MR) is 78.9 cm³/mol. The summed E-state index contributed by atoms with van der Waals surface area (Å²) in [6, 6.07) is 12.5. The Morgan fingerprint density at radius 3 is 2.85 bits per heavy atom. The van der Waals surface area contributed by atoms with Gasteiger partial charge in [-0.25, -0.2) is 5.84 Å². The van der Waals surface area contributed by atoms with Gasteiger partial charge in [-0.05, 0) is 30.3 Å². The van der Waals surface area contributed by atoms with Crippen LogP contribution in [-0.4, -0.2) is 9.97 Å². The molecule has 0 amide bonds. The number of hydrogen-bond donors (Lipinski definition) is 2. The number of halogens is 1. The molecule has 0 aliphatic rings. The van der Waals surface area contributed by atoms with Gasteiger partial charge in [-0.3, -0.25) is 4.98 Å². The molecular weight excluding hydrogens is 276 g/mol. The van der Waals surface area contributed by atoms with Gasteiger partial charge < -0.3 is 10.2 Å². The lowest BCUT2D eigenvalue weighted by Crippen LogP contribution is -2.08. The maximum absolute atomic E-state index is 6.14. The van der Waals surface area contributed by atoms with Crippen LogP contribution in [0.3, 0.4) is 0 Å². The molecule has 3 aromatic rings. The second-order valence-electron chi connectivity index (χ2n) is 4.05. The van der Waals surface area contributed by atoms with Crippen molar-refractivity contribution in [1.29, 1.82) is 0 Å². The van der Waals surface area contributed by atoms with Crippen LogP contribution in [-0.2, 0) is 0 Å². The fraction of sp³-hybridized carbons (Fsp3) is 0. The monoisotopic (exact) mass is 286 g/mol. The molecule has 0 unspecified atom stereocenters. The molecule has 3 rings (SSSR count). The minimum Gasteiger partial charge on any atom is -0.437 e. The molecule has 0 fully saturated rings. The number of nitrogens with zero attached hydrogens (tertiary/aromatic N) is 2. The number of pyridine rings is 2. The van der Waals surface area contributed by atoms with E-state index in [1.54, 1.807) is 36.5 Å². The number of hydrazine groups is 1. The van der Waals surface area contributed by atoms with Gasteiger partial charge in [0.25, 0.3) is 0 Å². The topological polar surface area (TPSA) is 73.1 Å². The number of nitrogens with two attached hydrogens (primary N) is 1. The summed E-state index contributed by atoms with van der Waals surface area (Å²) in [7, 11) is 0. The van der Waals surface area contributed by atoms with Crippen LogP contribution in [0, 0.1) is 0 Å². The van der Waals surface area contributed by atoms with Crippen LogP contribution in [0.2, 0.25) is 5.02 Å². The third kappa shape index (κ3) is 2.36. The van der Waals surface area contributed by atoms with Crippen molar-refractivity contribution in [2.45, 2.75) is 0 Å². The predicted octanol–water partition coefficient (Wildman–Crippen LogP) is 3.36. The lowest BCUT2D eigenvalue weighted by Gasteiger charge is -2.09. The zero-order valence-electron chi connectivity index (χ0n) is 10.4. The van der Waals surface area contributed by atoms with Gasteiger partial charge in [0, 0.05) is 17.6 Å². The minimum atomic E-state index is 0.426. The molecule has 6 heteroatoms. The number of benzene rings is 1. The summed E-state index contributed by atoms with van der Waals surface area (Å²) >= 11 is 6.14. The fourth-order valence-corrected chi connectivity index (χ4v) is 2.07. The van der Waals surface area contributed by atoms with Crippen molar-refractivity contribution in [3.05, 3.63) is 53.7 Å². The Bertz CT molecular complexity index is 763. The Balaban J connectivity index is 2.04. The molecule has 20 heavy (non-hydrogen) atoms. The van der Waals surface area contributed by atoms with Gasteiger partial charge in [-0.15, -0.1) is 0 Å². The van der Waals surface area contributed by atoms with E-state index in [-0.39, 0.29) is 0 Å². The highest BCUT2D eigenvalue weighted by atomic mass is 35.5. The first-order valence-corrected chi connectivity index (χ1v) is 6.30. The summed E-state index contributed by atoms with van der Waals surface area (Å²) in [5.41, 5.74) is 3.16. The van der Waals surface area contributed by atoms with Crippen molar-refractivity contribution in [1.82, 2.24) is 9.97 Å². The van der Waals surface area contributed by atoms with Crippen LogP contribution in [0.4, 0.5) is 5.82 Å². The summed E-state index contributed by atoms with van der Waals surface area (Å²) < 4.78 is 5.76. The average molecular weight is 287 g/mol. The van der Waals surface area contributed by atoms with E-state index in [9.17, 15) is 0 Å². The number of nitrogen functional groups attached to an aromatic ring is 1. The molecule has 0 atom stereocenters. The van der Waals surface area contributed by atoms with Crippen molar-refractivity contribution >= 4 is 28.3 Å². The molecule has 1 aromatic carbocycles. The Morgan fingerprint density at radius 2 is 2.00 bits per heavy atom. The summed E-state index contributed by atoms with van der Waals surface area (Å²) in [6.45, 7) is 0. The Hall–Kier alpha value is -2.37. The molecule has 0 saturated carbocycles. The van der Waals surface area contributed by atoms with Crippen LogP contribution >= 0.6 is 11.6 Å². The largest absolute Gasteiger partial charge is 0.437 e. The molecule has 100 valence electrons. The maximum Gasteiger partial charge on any atom is 0.221 e. The zero-order chi connectivity index (χ0) is 13.9. The Labute approximate surface area is 120 Å². The highest BCUT2D eigenvalue weighted by molar-refractivity contribution is 6.35. The van der Waals surface area contributed by atoms with Gasteiger partial charge in [0.2, 0.25) is 5.88 Å². The second-order valence-corrected chi connectivity index (χ2v) is 4.46. The maximum atomic E-state index is 6.14. The normalized spacial score (nSPS) is 10.5. The quantitative estimate of drug-likeness (QED) is 0.570. The average Bonchev–Trinajstić information content (AvgIpc) is 2.51. The molecule has 2 heterocycles. The van der Waals surface area contributed by atoms with Crippen molar-refractivity contribution in [3.8, 4) is 11.6 Å². The summed E-state index contributed by atoms with van der Waals surface area (Å²) in [5, 5.41) is 1.46. The van der Waals surface area contributed by atoms with Gasteiger partial charge in [0.05, 0.1) is 5.02 Å². The van der Waals surface area contributed by atoms with Crippen LogP contribution in [0.25, 0.3) is 10.9 Å². The van der Waals surface area contributed by atoms with Gasteiger partial charge in [-0.1, -0.05) is 17.7 Å². The third-order valence-corrected chi connectivity index (χ3v) is 3.09. The van der Waals surface area contributed by atoms with Crippen LogP contribution in [0.15, 0.2) is 48.7 Å². The molecule has 0 bridgehead atoms. The smallest absolute Gasteiger partial charge is 0.221 e. The SMILES string of the molecule is NNc1cccc(Oc2ccc(Cl)c3cccnc23)n1. The van der Waals surface area contributed by atoms with E-state index < -0.39 is 0 Å². The molecule has 2 aromatic heterocycles. The van der Waals surface area contributed by atoms with Crippen LogP contribution < -0.4 is 16.0 Å². The number of aromatic nitrogens is 2. The first-order chi connectivity index (χ1) is 9.78. The Kier molecular flexibility index (Phi) is 3.37. The molecule has 3 N–H and O–H groups in total. The number of fused-ring (bicyclic) bond motifs is 1. The summed E-state index contributed by atoms with van der Waals surface area (Å²) in [6.07, 6.45) is 1.69. The van der Waals surface area contributed by atoms with Gasteiger partial charge in [-0.2, -0.15) is 4.98 Å². The number of ether oxygens (including phenoxy) is 1. The van der Waals surface area contributed by atoms with E-state index in [1.807, 2.05) is 12.1 Å². The van der Waals surface area contributed by atoms with E-state index in [0.717, 1.165) is 5.39 Å². The van der Waals surface area contributed by atoms with Crippen molar-refractivity contribution in [3.63, 3.8) is 0 Å². The molecule has 0 saturated heterocycles. The fourth-order valence-electron chi connectivity index (χ4n) is 1.86. The van der Waals surface area contributed by atoms with Gasteiger partial charge >= 0.3 is 0 Å². The summed E-state index contributed by atoms with van der Waals surface area (Å²) in [5.74, 6) is 6.86. The molecule has 0 aliphatic carbocycles. The highest BCUT2D eigenvalue weighted by Crippen LogP contribution is 2.32. The first-order valence-electron chi connectivity index (χ1n) is 5.92. The lowest BCUT2D eigenvalue weighted by atomic mass is 10.2. The number of anilines is 1. The second kappa shape index (κ2) is 5.32. The lowest BCUT2D eigenvalue weighted by molar-refractivity contribution is 0.468. The molecule has 0 spiro atoms. The van der Waals surface area contributed by atoms with E-state index in [4.69, 9.17) is 22.2 Å². The van der Waals surface area contributed by atoms with E-state index in [0.29, 0.717) is 28.0 Å². The zero-order valence-corrected chi connectivity index (χ0v) is 11.1. The minimum absolute atomic E-state index is 0.426. The molecule has 0 aliphatic heterocycles. The standard InChI is InChI=1S/C14H11ClN4O/c15-10-6-7-11(14-9(10)3-2-8-17-14)20-13-5-1-4-12(18-13)19-16/h1-8H,16H2,(H,18,19). The first kappa shape index (κ1) is 12.7. The molecule has 5 nitrogen and oxygen atoms in total. The van der Waals surface area contributed by atoms with Crippen molar-refractivity contribution in [2.75, 3.05) is 5.43 Å². The molecular formula is C14H11ClN4O. The van der Waals surface area contributed by atoms with Crippen molar-refractivity contribution < 1.29 is 4.74 Å². The van der Waals surface area contributed by atoms with Crippen molar-refractivity contribution in [2.24, 2.45) is 5.84 Å². The highest BCUT2D eigenvalue weighted by Gasteiger charge is 2.08. The van der Waals surface area contributed by atoms with Crippen LogP contribution in [0.1, 0.15) is 0 Å². The van der Waals surface area contributed by atoms with Gasteiger partial charge in [0.15, 0.2) is 5.75 Å². The molecule has 0 radical (unpaired) electrons. The van der Waals surface area contributed by atoms with E-state index in [2.05, 4.69) is 15.4 Å². The Morgan fingerprint density at radius 1 is 1.10 bits per heavy atom. The summed E-state index contributed by atoms with van der Waals surface area (Å²) in [4.78, 5) is 8.50. The number of nitrogens with one attached hydrogen (secondary N) is 1. The van der Waals surface area contributed by atoms with E-state index >= 15 is 0 Å². The van der Waals surface area contributed by atoms with Crippen LogP contribution in [0.5, 0.6) is 11.6 Å².